The summed E-state index contributed by atoms with van der Waals surface area (Å²) in [6, 6.07) is 9.97. The van der Waals surface area contributed by atoms with E-state index >= 15 is 0 Å². The van der Waals surface area contributed by atoms with Crippen LogP contribution in [0.15, 0.2) is 30.3 Å². The second kappa shape index (κ2) is 8.98. The first-order valence-corrected chi connectivity index (χ1v) is 7.61. The van der Waals surface area contributed by atoms with Crippen molar-refractivity contribution in [2.75, 3.05) is 12.4 Å². The van der Waals surface area contributed by atoms with Crippen LogP contribution in [-0.2, 0) is 4.79 Å². The van der Waals surface area contributed by atoms with E-state index in [0.717, 1.165) is 31.4 Å². The largest absolute Gasteiger partial charge is 0.356 e. The molecule has 0 aliphatic carbocycles. The van der Waals surface area contributed by atoms with E-state index in [0.29, 0.717) is 11.8 Å². The maximum absolute atomic E-state index is 12.2. The molecule has 19 heavy (non-hydrogen) atoms. The number of amides is 1. The van der Waals surface area contributed by atoms with Crippen LogP contribution in [0.3, 0.4) is 0 Å². The average molecular weight is 282 g/mol. The van der Waals surface area contributed by atoms with Gasteiger partial charge in [0, 0.05) is 12.4 Å². The van der Waals surface area contributed by atoms with Crippen molar-refractivity contribution in [2.45, 2.75) is 39.0 Å². The van der Waals surface area contributed by atoms with Crippen LogP contribution in [0.4, 0.5) is 0 Å². The van der Waals surface area contributed by atoms with Gasteiger partial charge in [0.1, 0.15) is 0 Å². The molecule has 0 radical (unpaired) electrons. The first-order valence-electron chi connectivity index (χ1n) is 7.07. The third-order valence-corrected chi connectivity index (χ3v) is 3.89. The summed E-state index contributed by atoms with van der Waals surface area (Å²) in [4.78, 5) is 12.2. The Morgan fingerprint density at radius 3 is 2.58 bits per heavy atom. The fourth-order valence-electron chi connectivity index (χ4n) is 2.12. The lowest BCUT2D eigenvalue weighted by Gasteiger charge is -2.15. The maximum Gasteiger partial charge on any atom is 0.227 e. The van der Waals surface area contributed by atoms with Crippen LogP contribution in [0.5, 0.6) is 0 Å². The summed E-state index contributed by atoms with van der Waals surface area (Å²) in [6.07, 6.45) is 2.88. The second-order valence-electron chi connectivity index (χ2n) is 5.06. The first kappa shape index (κ1) is 16.0. The zero-order chi connectivity index (χ0) is 14.1. The molecule has 0 spiro atoms. The fourth-order valence-corrected chi connectivity index (χ4v) is 2.27. The third-order valence-electron chi connectivity index (χ3n) is 3.36. The molecule has 0 aliphatic heterocycles. The minimum Gasteiger partial charge on any atom is -0.356 e. The van der Waals surface area contributed by atoms with E-state index in [1.54, 1.807) is 0 Å². The van der Waals surface area contributed by atoms with Gasteiger partial charge in [-0.2, -0.15) is 0 Å². The Bertz CT molecular complexity index is 366. The maximum atomic E-state index is 12.2. The van der Waals surface area contributed by atoms with E-state index in [1.807, 2.05) is 37.3 Å². The molecule has 0 aromatic heterocycles. The molecule has 1 rings (SSSR count). The van der Waals surface area contributed by atoms with Gasteiger partial charge < -0.3 is 5.32 Å². The molecular weight excluding hydrogens is 258 g/mol. The Morgan fingerprint density at radius 2 is 2.00 bits per heavy atom. The molecule has 0 saturated carbocycles. The molecule has 0 heterocycles. The molecule has 1 aromatic rings. The monoisotopic (exact) mass is 281 g/mol. The summed E-state index contributed by atoms with van der Waals surface area (Å²) in [5, 5.41) is 3.03. The third kappa shape index (κ3) is 5.65. The van der Waals surface area contributed by atoms with E-state index < -0.39 is 0 Å². The van der Waals surface area contributed by atoms with Crippen LogP contribution in [0.2, 0.25) is 0 Å². The van der Waals surface area contributed by atoms with E-state index in [2.05, 4.69) is 12.2 Å². The zero-order valence-electron chi connectivity index (χ0n) is 11.9. The van der Waals surface area contributed by atoms with Gasteiger partial charge in [0.15, 0.2) is 0 Å². The summed E-state index contributed by atoms with van der Waals surface area (Å²) in [5.74, 6) is 1.31. The van der Waals surface area contributed by atoms with Gasteiger partial charge in [-0.3, -0.25) is 4.79 Å². The van der Waals surface area contributed by atoms with Gasteiger partial charge >= 0.3 is 0 Å². The molecule has 1 aromatic carbocycles. The molecule has 1 amide bonds. The van der Waals surface area contributed by atoms with Crippen molar-refractivity contribution in [1.82, 2.24) is 5.32 Å². The summed E-state index contributed by atoms with van der Waals surface area (Å²) < 4.78 is 0. The van der Waals surface area contributed by atoms with Crippen molar-refractivity contribution in [3.05, 3.63) is 35.9 Å². The summed E-state index contributed by atoms with van der Waals surface area (Å²) in [6.45, 7) is 4.92. The molecule has 1 N–H and O–H groups in total. The van der Waals surface area contributed by atoms with Crippen molar-refractivity contribution in [3.8, 4) is 0 Å². The Labute approximate surface area is 121 Å². The highest BCUT2D eigenvalue weighted by molar-refractivity contribution is 6.18. The quantitative estimate of drug-likeness (QED) is 0.567. The molecule has 3 heteroatoms. The number of nitrogens with one attached hydrogen (secondary N) is 1. The van der Waals surface area contributed by atoms with Crippen LogP contribution in [0, 0.1) is 5.92 Å². The Balaban J connectivity index is 2.39. The molecule has 2 nitrogen and oxygen atoms in total. The van der Waals surface area contributed by atoms with Crippen molar-refractivity contribution in [1.29, 1.82) is 0 Å². The van der Waals surface area contributed by atoms with Crippen molar-refractivity contribution < 1.29 is 4.79 Å². The highest BCUT2D eigenvalue weighted by Gasteiger charge is 2.17. The Kier molecular flexibility index (Phi) is 7.57. The van der Waals surface area contributed by atoms with Gasteiger partial charge in [-0.05, 0) is 30.7 Å². The first-order chi connectivity index (χ1) is 9.19. The van der Waals surface area contributed by atoms with E-state index in [4.69, 9.17) is 11.6 Å². The predicted molar refractivity (Wildman–Crippen MR) is 81.6 cm³/mol. The number of rotatable bonds is 8. The molecule has 0 bridgehead atoms. The van der Waals surface area contributed by atoms with Gasteiger partial charge in [0.25, 0.3) is 0 Å². The van der Waals surface area contributed by atoms with Crippen LogP contribution in [-0.4, -0.2) is 18.3 Å². The topological polar surface area (TPSA) is 29.1 Å². The zero-order valence-corrected chi connectivity index (χ0v) is 12.6. The van der Waals surface area contributed by atoms with Crippen molar-refractivity contribution in [2.24, 2.45) is 5.92 Å². The van der Waals surface area contributed by atoms with Crippen molar-refractivity contribution >= 4 is 17.5 Å². The van der Waals surface area contributed by atoms with Crippen LogP contribution < -0.4 is 5.32 Å². The standard InChI is InChI=1S/C16H24ClNO/c1-3-15(14-9-5-4-6-10-14)16(19)18-11-7-8-13(2)12-17/h4-6,9-10,13,15H,3,7-8,11-12H2,1-2H3,(H,18,19). The van der Waals surface area contributed by atoms with Crippen LogP contribution in [0.25, 0.3) is 0 Å². The minimum atomic E-state index is -0.0355. The number of halogens is 1. The summed E-state index contributed by atoms with van der Waals surface area (Å²) >= 11 is 5.76. The summed E-state index contributed by atoms with van der Waals surface area (Å²) in [7, 11) is 0. The van der Waals surface area contributed by atoms with Crippen molar-refractivity contribution in [3.63, 3.8) is 0 Å². The average Bonchev–Trinajstić information content (AvgIpc) is 2.45. The number of alkyl halides is 1. The van der Waals surface area contributed by atoms with E-state index in [1.165, 1.54) is 0 Å². The van der Waals surface area contributed by atoms with Gasteiger partial charge in [-0.25, -0.2) is 0 Å². The molecular formula is C16H24ClNO. The molecule has 0 aliphatic rings. The molecule has 0 saturated heterocycles. The highest BCUT2D eigenvalue weighted by atomic mass is 35.5. The predicted octanol–water partition coefficient (Wildman–Crippen LogP) is 3.95. The smallest absolute Gasteiger partial charge is 0.227 e. The summed E-state index contributed by atoms with van der Waals surface area (Å²) in [5.41, 5.74) is 1.09. The molecule has 2 atom stereocenters. The minimum absolute atomic E-state index is 0.0355. The number of hydrogen-bond donors (Lipinski definition) is 1. The molecule has 0 fully saturated rings. The number of carbonyl (C=O) groups excluding carboxylic acids is 1. The van der Waals surface area contributed by atoms with Gasteiger partial charge in [0.05, 0.1) is 5.92 Å². The van der Waals surface area contributed by atoms with Gasteiger partial charge in [-0.1, -0.05) is 44.2 Å². The van der Waals surface area contributed by atoms with E-state index in [9.17, 15) is 4.79 Å². The lowest BCUT2D eigenvalue weighted by Crippen LogP contribution is -2.30. The van der Waals surface area contributed by atoms with Gasteiger partial charge in [-0.15, -0.1) is 11.6 Å². The van der Waals surface area contributed by atoms with Gasteiger partial charge in [0.2, 0.25) is 5.91 Å². The number of hydrogen-bond acceptors (Lipinski definition) is 1. The van der Waals surface area contributed by atoms with Crippen LogP contribution >= 0.6 is 11.6 Å². The molecule has 106 valence electrons. The Morgan fingerprint density at radius 1 is 1.32 bits per heavy atom. The molecule has 2 unspecified atom stereocenters. The second-order valence-corrected chi connectivity index (χ2v) is 5.37. The lowest BCUT2D eigenvalue weighted by atomic mass is 9.95. The van der Waals surface area contributed by atoms with Crippen LogP contribution in [0.1, 0.15) is 44.6 Å². The number of carbonyl (C=O) groups is 1. The highest BCUT2D eigenvalue weighted by Crippen LogP contribution is 2.19. The normalized spacial score (nSPS) is 13.8. The fraction of sp³-hybridized carbons (Fsp3) is 0.562. The lowest BCUT2D eigenvalue weighted by molar-refractivity contribution is -0.122. The number of benzene rings is 1. The Hall–Kier alpha value is -1.02. The van der Waals surface area contributed by atoms with E-state index in [-0.39, 0.29) is 11.8 Å². The SMILES string of the molecule is CCC(C(=O)NCCCC(C)CCl)c1ccccc1.